The van der Waals surface area contributed by atoms with Crippen LogP contribution in [0.3, 0.4) is 0 Å². The summed E-state index contributed by atoms with van der Waals surface area (Å²) < 4.78 is 10.6. The molecule has 0 saturated carbocycles. The average Bonchev–Trinajstić information content (AvgIpc) is 2.76. The van der Waals surface area contributed by atoms with Gasteiger partial charge in [0.15, 0.2) is 0 Å². The summed E-state index contributed by atoms with van der Waals surface area (Å²) in [6.07, 6.45) is 0.0570. The number of carbonyl (C=O) groups is 2. The van der Waals surface area contributed by atoms with E-state index in [1.54, 1.807) is 18.2 Å². The zero-order valence-electron chi connectivity index (χ0n) is 9.84. The summed E-state index contributed by atoms with van der Waals surface area (Å²) in [5.74, 6) is -0.0651. The third-order valence-corrected chi connectivity index (χ3v) is 2.62. The number of benzene rings is 1. The van der Waals surface area contributed by atoms with Crippen molar-refractivity contribution in [2.45, 2.75) is 0 Å². The highest BCUT2D eigenvalue weighted by molar-refractivity contribution is 6.06. The van der Waals surface area contributed by atoms with Crippen LogP contribution in [-0.4, -0.2) is 36.0 Å². The molecule has 0 spiro atoms. The van der Waals surface area contributed by atoms with Crippen molar-refractivity contribution in [1.29, 1.82) is 0 Å². The molecule has 1 heterocycles. The summed E-state index contributed by atoms with van der Waals surface area (Å²) >= 11 is 0. The van der Waals surface area contributed by atoms with E-state index in [9.17, 15) is 9.59 Å². The molecule has 6 nitrogen and oxygen atoms in total. The fraction of sp³-hybridized carbons (Fsp3) is 0.167. The third kappa shape index (κ3) is 1.77. The molecular weight excluding hydrogens is 238 g/mol. The zero-order chi connectivity index (χ0) is 13.3. The predicted molar refractivity (Wildman–Crippen MR) is 63.3 cm³/mol. The van der Waals surface area contributed by atoms with Crippen LogP contribution in [0.25, 0.3) is 10.9 Å². The van der Waals surface area contributed by atoms with Crippen LogP contribution in [0.5, 0.6) is 5.75 Å². The van der Waals surface area contributed by atoms with Gasteiger partial charge in [0.25, 0.3) is 0 Å². The number of esters is 1. The summed E-state index contributed by atoms with van der Waals surface area (Å²) in [6, 6.07) is 4.83. The fourth-order valence-corrected chi connectivity index (χ4v) is 1.76. The number of aromatic nitrogens is 1. The van der Waals surface area contributed by atoms with E-state index < -0.39 is 12.1 Å². The number of ether oxygens (including phenoxy) is 2. The number of carbonyl (C=O) groups excluding carboxylic acids is 1. The smallest absolute Gasteiger partial charge is 0.416 e. The van der Waals surface area contributed by atoms with Gasteiger partial charge < -0.3 is 14.6 Å². The highest BCUT2D eigenvalue weighted by Crippen LogP contribution is 2.26. The van der Waals surface area contributed by atoms with E-state index in [0.717, 1.165) is 4.57 Å². The van der Waals surface area contributed by atoms with E-state index in [0.29, 0.717) is 16.7 Å². The molecule has 0 saturated heterocycles. The molecule has 1 aromatic heterocycles. The van der Waals surface area contributed by atoms with Gasteiger partial charge in [-0.2, -0.15) is 0 Å². The normalized spacial score (nSPS) is 10.3. The van der Waals surface area contributed by atoms with Crippen molar-refractivity contribution in [1.82, 2.24) is 4.57 Å². The SMILES string of the molecule is COC(=O)c1cn(C(=O)O)c2cc(OC)ccc12. The summed E-state index contributed by atoms with van der Waals surface area (Å²) in [5, 5.41) is 9.59. The largest absolute Gasteiger partial charge is 0.497 e. The number of fused-ring (bicyclic) bond motifs is 1. The van der Waals surface area contributed by atoms with Crippen LogP contribution in [0, 0.1) is 0 Å². The van der Waals surface area contributed by atoms with Gasteiger partial charge in [0.1, 0.15) is 5.75 Å². The molecule has 0 aliphatic carbocycles. The topological polar surface area (TPSA) is 77.8 Å². The maximum absolute atomic E-state index is 11.6. The fourth-order valence-electron chi connectivity index (χ4n) is 1.76. The molecule has 0 fully saturated rings. The van der Waals surface area contributed by atoms with Gasteiger partial charge in [-0.15, -0.1) is 0 Å². The van der Waals surface area contributed by atoms with Crippen LogP contribution < -0.4 is 4.74 Å². The first-order valence-corrected chi connectivity index (χ1v) is 5.09. The van der Waals surface area contributed by atoms with Crippen molar-refractivity contribution < 1.29 is 24.2 Å². The number of nitrogens with zero attached hydrogens (tertiary/aromatic N) is 1. The van der Waals surface area contributed by atoms with E-state index in [2.05, 4.69) is 4.74 Å². The number of hydrogen-bond donors (Lipinski definition) is 1. The minimum absolute atomic E-state index is 0.206. The summed E-state index contributed by atoms with van der Waals surface area (Å²) in [4.78, 5) is 22.7. The van der Waals surface area contributed by atoms with Crippen LogP contribution in [0.4, 0.5) is 4.79 Å². The lowest BCUT2D eigenvalue weighted by Gasteiger charge is -2.01. The molecule has 0 amide bonds. The summed E-state index contributed by atoms with van der Waals surface area (Å²) in [7, 11) is 2.73. The van der Waals surface area contributed by atoms with E-state index >= 15 is 0 Å². The van der Waals surface area contributed by atoms with Crippen LogP contribution >= 0.6 is 0 Å². The third-order valence-electron chi connectivity index (χ3n) is 2.62. The monoisotopic (exact) mass is 249 g/mol. The maximum Gasteiger partial charge on any atom is 0.416 e. The van der Waals surface area contributed by atoms with Gasteiger partial charge >= 0.3 is 12.1 Å². The lowest BCUT2D eigenvalue weighted by molar-refractivity contribution is 0.0603. The first-order chi connectivity index (χ1) is 8.58. The molecule has 6 heteroatoms. The van der Waals surface area contributed by atoms with Gasteiger partial charge in [-0.05, 0) is 12.1 Å². The molecule has 0 atom stereocenters. The molecule has 18 heavy (non-hydrogen) atoms. The highest BCUT2D eigenvalue weighted by Gasteiger charge is 2.18. The molecule has 0 aliphatic heterocycles. The molecule has 0 aliphatic rings. The van der Waals surface area contributed by atoms with E-state index in [-0.39, 0.29) is 5.56 Å². The lowest BCUT2D eigenvalue weighted by atomic mass is 10.2. The quantitative estimate of drug-likeness (QED) is 0.823. The van der Waals surface area contributed by atoms with Gasteiger partial charge in [0, 0.05) is 17.6 Å². The van der Waals surface area contributed by atoms with Gasteiger partial charge in [-0.25, -0.2) is 9.59 Å². The maximum atomic E-state index is 11.6. The minimum Gasteiger partial charge on any atom is -0.497 e. The molecule has 0 unspecified atom stereocenters. The van der Waals surface area contributed by atoms with Crippen LogP contribution in [0.1, 0.15) is 10.4 Å². The molecular formula is C12H11NO5. The van der Waals surface area contributed by atoms with E-state index in [4.69, 9.17) is 9.84 Å². The lowest BCUT2D eigenvalue weighted by Crippen LogP contribution is -2.06. The van der Waals surface area contributed by atoms with Gasteiger partial charge in [-0.3, -0.25) is 4.57 Å². The Kier molecular flexibility index (Phi) is 2.93. The first kappa shape index (κ1) is 12.0. The van der Waals surface area contributed by atoms with Gasteiger partial charge in [0.2, 0.25) is 0 Å². The van der Waals surface area contributed by atoms with E-state index in [1.807, 2.05) is 0 Å². The van der Waals surface area contributed by atoms with Crippen molar-refractivity contribution in [3.05, 3.63) is 30.0 Å². The average molecular weight is 249 g/mol. The van der Waals surface area contributed by atoms with Crippen LogP contribution in [0.2, 0.25) is 0 Å². The Balaban J connectivity index is 2.75. The molecule has 2 aromatic rings. The summed E-state index contributed by atoms with van der Waals surface area (Å²) in [5.41, 5.74) is 0.583. The molecule has 2 rings (SSSR count). The van der Waals surface area contributed by atoms with Gasteiger partial charge in [0.05, 0.1) is 25.3 Å². The Morgan fingerprint density at radius 1 is 1.28 bits per heavy atom. The molecule has 1 aromatic carbocycles. The second-order valence-corrected chi connectivity index (χ2v) is 3.57. The van der Waals surface area contributed by atoms with Crippen molar-refractivity contribution >= 4 is 23.0 Å². The second kappa shape index (κ2) is 4.40. The second-order valence-electron chi connectivity index (χ2n) is 3.57. The molecule has 0 radical (unpaired) electrons. The van der Waals surface area contributed by atoms with E-state index in [1.165, 1.54) is 20.4 Å². The zero-order valence-corrected chi connectivity index (χ0v) is 9.84. The van der Waals surface area contributed by atoms with Crippen molar-refractivity contribution in [3.63, 3.8) is 0 Å². The molecule has 94 valence electrons. The van der Waals surface area contributed by atoms with Crippen molar-refractivity contribution in [2.24, 2.45) is 0 Å². The minimum atomic E-state index is -1.18. The standard InChI is InChI=1S/C12H11NO5/c1-17-7-3-4-8-9(11(14)18-2)6-13(12(15)16)10(8)5-7/h3-6H,1-2H3,(H,15,16). The van der Waals surface area contributed by atoms with Gasteiger partial charge in [-0.1, -0.05) is 0 Å². The molecule has 0 bridgehead atoms. The Morgan fingerprint density at radius 3 is 2.56 bits per heavy atom. The van der Waals surface area contributed by atoms with Crippen molar-refractivity contribution in [2.75, 3.05) is 14.2 Å². The molecule has 1 N–H and O–H groups in total. The number of carboxylic acid groups (broad SMARTS) is 1. The number of hydrogen-bond acceptors (Lipinski definition) is 4. The Hall–Kier alpha value is -2.50. The first-order valence-electron chi connectivity index (χ1n) is 5.09. The highest BCUT2D eigenvalue weighted by atomic mass is 16.5. The number of methoxy groups -OCH3 is 2. The van der Waals surface area contributed by atoms with Crippen molar-refractivity contribution in [3.8, 4) is 5.75 Å². The van der Waals surface area contributed by atoms with Crippen LogP contribution in [-0.2, 0) is 4.74 Å². The number of rotatable bonds is 2. The summed E-state index contributed by atoms with van der Waals surface area (Å²) in [6.45, 7) is 0. The Labute approximate surface area is 102 Å². The Morgan fingerprint density at radius 2 is 2.00 bits per heavy atom. The Bertz CT molecular complexity index is 629. The van der Waals surface area contributed by atoms with Crippen LogP contribution in [0.15, 0.2) is 24.4 Å². The predicted octanol–water partition coefficient (Wildman–Crippen LogP) is 1.96.